The van der Waals surface area contributed by atoms with Crippen molar-refractivity contribution < 1.29 is 28.3 Å². The highest BCUT2D eigenvalue weighted by Gasteiger charge is 2.40. The number of nitrogens with one attached hydrogen (secondary N) is 1. The summed E-state index contributed by atoms with van der Waals surface area (Å²) in [7, 11) is 0. The van der Waals surface area contributed by atoms with E-state index in [-0.39, 0.29) is 34.9 Å². The van der Waals surface area contributed by atoms with Crippen LogP contribution < -0.4 is 10.2 Å². The van der Waals surface area contributed by atoms with E-state index in [1.807, 2.05) is 20.8 Å². The Morgan fingerprint density at radius 1 is 1.03 bits per heavy atom. The van der Waals surface area contributed by atoms with E-state index in [9.17, 15) is 23.6 Å². The van der Waals surface area contributed by atoms with Gasteiger partial charge in [-0.1, -0.05) is 0 Å². The van der Waals surface area contributed by atoms with Gasteiger partial charge in [0.15, 0.2) is 12.4 Å². The topological polar surface area (TPSA) is 92.8 Å². The summed E-state index contributed by atoms with van der Waals surface area (Å²) in [5.41, 5.74) is 0.426. The summed E-state index contributed by atoms with van der Waals surface area (Å²) in [6.45, 7) is 5.24. The van der Waals surface area contributed by atoms with Crippen molar-refractivity contribution in [2.45, 2.75) is 38.8 Å². The highest BCUT2D eigenvalue weighted by molar-refractivity contribution is 6.22. The van der Waals surface area contributed by atoms with Crippen LogP contribution in [0.2, 0.25) is 0 Å². The number of nitrogens with zero attached hydrogens (tertiary/aromatic N) is 1. The Bertz CT molecular complexity index is 1010. The van der Waals surface area contributed by atoms with Gasteiger partial charge in [0.05, 0.1) is 23.7 Å². The van der Waals surface area contributed by atoms with E-state index in [0.29, 0.717) is 5.69 Å². The van der Waals surface area contributed by atoms with Crippen molar-refractivity contribution >= 4 is 29.3 Å². The van der Waals surface area contributed by atoms with Crippen LogP contribution in [-0.2, 0) is 14.3 Å². The first-order valence-corrected chi connectivity index (χ1v) is 9.75. The average Bonchev–Trinajstić information content (AvgIpc) is 2.98. The molecule has 1 unspecified atom stereocenters. The molecule has 1 N–H and O–H groups in total. The number of rotatable bonds is 6. The number of amides is 2. The first-order valence-electron chi connectivity index (χ1n) is 9.75. The van der Waals surface area contributed by atoms with E-state index in [1.54, 1.807) is 0 Å². The van der Waals surface area contributed by atoms with Crippen molar-refractivity contribution in [3.63, 3.8) is 0 Å². The highest BCUT2D eigenvalue weighted by Crippen LogP contribution is 2.24. The molecule has 2 amide bonds. The fourth-order valence-corrected chi connectivity index (χ4v) is 3.22. The lowest BCUT2D eigenvalue weighted by molar-refractivity contribution is -0.121. The van der Waals surface area contributed by atoms with Gasteiger partial charge in [-0.3, -0.25) is 14.4 Å². The minimum atomic E-state index is -0.728. The molecule has 0 spiro atoms. The number of hydrogen-bond acceptors (Lipinski definition) is 6. The number of hydrogen-bond donors (Lipinski definition) is 1. The van der Waals surface area contributed by atoms with Crippen LogP contribution >= 0.6 is 0 Å². The maximum atomic E-state index is 12.9. The summed E-state index contributed by atoms with van der Waals surface area (Å²) >= 11 is 0. The van der Waals surface area contributed by atoms with Gasteiger partial charge in [0.25, 0.3) is 5.91 Å². The molecule has 7 nitrogen and oxygen atoms in total. The van der Waals surface area contributed by atoms with E-state index in [4.69, 9.17) is 4.74 Å². The van der Waals surface area contributed by atoms with Crippen LogP contribution in [0.1, 0.15) is 47.9 Å². The molecule has 1 atom stereocenters. The third-order valence-corrected chi connectivity index (χ3v) is 4.62. The number of anilines is 1. The molecule has 2 aromatic carbocycles. The Morgan fingerprint density at radius 2 is 1.61 bits per heavy atom. The average molecular weight is 426 g/mol. The van der Waals surface area contributed by atoms with Gasteiger partial charge in [-0.25, -0.2) is 14.1 Å². The molecular formula is C23H23FN2O5. The number of ketones is 1. The number of carbonyl (C=O) groups is 4. The first-order chi connectivity index (χ1) is 14.5. The Kier molecular flexibility index (Phi) is 6.31. The summed E-state index contributed by atoms with van der Waals surface area (Å²) in [4.78, 5) is 50.3. The van der Waals surface area contributed by atoms with E-state index < -0.39 is 30.2 Å². The fourth-order valence-electron chi connectivity index (χ4n) is 3.22. The zero-order valence-electron chi connectivity index (χ0n) is 17.5. The lowest BCUT2D eigenvalue weighted by atomic mass is 10.1. The molecule has 1 heterocycles. The molecule has 31 heavy (non-hydrogen) atoms. The summed E-state index contributed by atoms with van der Waals surface area (Å²) in [5.74, 6) is -2.33. The summed E-state index contributed by atoms with van der Waals surface area (Å²) in [5, 5.41) is 3.13. The van der Waals surface area contributed by atoms with Gasteiger partial charge >= 0.3 is 5.97 Å². The Hall–Kier alpha value is -3.39. The molecule has 0 aliphatic carbocycles. The molecule has 0 radical (unpaired) electrons. The van der Waals surface area contributed by atoms with Gasteiger partial charge in [-0.15, -0.1) is 0 Å². The number of carbonyl (C=O) groups excluding carboxylic acids is 4. The molecule has 3 rings (SSSR count). The molecule has 8 heteroatoms. The van der Waals surface area contributed by atoms with Gasteiger partial charge < -0.3 is 10.1 Å². The van der Waals surface area contributed by atoms with Crippen LogP contribution in [0.25, 0.3) is 0 Å². The van der Waals surface area contributed by atoms with E-state index in [2.05, 4.69) is 5.32 Å². The Labute approximate surface area is 179 Å². The predicted molar refractivity (Wildman–Crippen MR) is 111 cm³/mol. The van der Waals surface area contributed by atoms with Crippen molar-refractivity contribution in [2.75, 3.05) is 11.5 Å². The van der Waals surface area contributed by atoms with E-state index >= 15 is 0 Å². The van der Waals surface area contributed by atoms with Crippen molar-refractivity contribution in [3.8, 4) is 0 Å². The highest BCUT2D eigenvalue weighted by atomic mass is 19.1. The van der Waals surface area contributed by atoms with Crippen LogP contribution in [0.4, 0.5) is 10.1 Å². The minimum absolute atomic E-state index is 0.0609. The van der Waals surface area contributed by atoms with Crippen molar-refractivity contribution in [1.29, 1.82) is 0 Å². The van der Waals surface area contributed by atoms with Crippen molar-refractivity contribution in [1.82, 2.24) is 5.32 Å². The van der Waals surface area contributed by atoms with Gasteiger partial charge in [-0.05, 0) is 69.3 Å². The maximum Gasteiger partial charge on any atom is 0.338 e. The van der Waals surface area contributed by atoms with Crippen LogP contribution in [0.3, 0.4) is 0 Å². The number of halogens is 1. The maximum absolute atomic E-state index is 12.9. The molecular weight excluding hydrogens is 403 g/mol. The number of ether oxygens (including phenoxy) is 1. The van der Waals surface area contributed by atoms with Crippen LogP contribution in [0, 0.1) is 5.82 Å². The fraction of sp³-hybridized carbons (Fsp3) is 0.304. The number of imide groups is 1. The normalized spacial score (nSPS) is 16.5. The lowest BCUT2D eigenvalue weighted by Gasteiger charge is -2.24. The summed E-state index contributed by atoms with van der Waals surface area (Å²) < 4.78 is 17.9. The second-order valence-electron chi connectivity index (χ2n) is 8.27. The van der Waals surface area contributed by atoms with Crippen molar-refractivity contribution in [2.24, 2.45) is 0 Å². The van der Waals surface area contributed by atoms with Gasteiger partial charge in [-0.2, -0.15) is 0 Å². The minimum Gasteiger partial charge on any atom is -0.454 e. The third kappa shape index (κ3) is 5.40. The smallest absolute Gasteiger partial charge is 0.338 e. The zero-order valence-corrected chi connectivity index (χ0v) is 17.5. The number of esters is 1. The van der Waals surface area contributed by atoms with Gasteiger partial charge in [0.1, 0.15) is 5.82 Å². The lowest BCUT2D eigenvalue weighted by Crippen LogP contribution is -2.47. The number of Topliss-reactive ketones (excluding diaryl/α,β-unsaturated/α-hetero) is 1. The summed E-state index contributed by atoms with van der Waals surface area (Å²) in [6, 6.07) is 10.1. The molecule has 1 aliphatic rings. The molecule has 2 aromatic rings. The number of benzene rings is 2. The first kappa shape index (κ1) is 22.3. The molecule has 0 aromatic heterocycles. The Balaban J connectivity index is 1.62. The molecule has 162 valence electrons. The summed E-state index contributed by atoms with van der Waals surface area (Å²) in [6.07, 6.45) is 0.0609. The standard InChI is InChI=1S/C23H23FN2O5/c1-23(2,3)25-18-12-20(28)26(21(18)29)17-10-6-15(7-11-17)22(30)31-13-19(27)14-4-8-16(24)9-5-14/h4-11,18,25H,12-13H2,1-3H3. The van der Waals surface area contributed by atoms with Gasteiger partial charge in [0, 0.05) is 11.1 Å². The predicted octanol–water partition coefficient (Wildman–Crippen LogP) is 2.89. The Morgan fingerprint density at radius 3 is 2.19 bits per heavy atom. The van der Waals surface area contributed by atoms with E-state index in [0.717, 1.165) is 17.0 Å². The quantitative estimate of drug-likeness (QED) is 0.434. The molecule has 1 aliphatic heterocycles. The zero-order chi connectivity index (χ0) is 22.8. The van der Waals surface area contributed by atoms with Crippen LogP contribution in [0.15, 0.2) is 48.5 Å². The molecule has 1 fully saturated rings. The second kappa shape index (κ2) is 8.77. The molecule has 1 saturated heterocycles. The molecule has 0 saturated carbocycles. The van der Waals surface area contributed by atoms with Crippen molar-refractivity contribution in [3.05, 3.63) is 65.5 Å². The second-order valence-corrected chi connectivity index (χ2v) is 8.27. The monoisotopic (exact) mass is 426 g/mol. The SMILES string of the molecule is CC(C)(C)NC1CC(=O)N(c2ccc(C(=O)OCC(=O)c3ccc(F)cc3)cc2)C1=O. The van der Waals surface area contributed by atoms with Gasteiger partial charge in [0.2, 0.25) is 5.91 Å². The third-order valence-electron chi connectivity index (χ3n) is 4.62. The van der Waals surface area contributed by atoms with E-state index in [1.165, 1.54) is 36.4 Å². The largest absolute Gasteiger partial charge is 0.454 e. The molecule has 0 bridgehead atoms. The van der Waals surface area contributed by atoms with Crippen LogP contribution in [0.5, 0.6) is 0 Å². The van der Waals surface area contributed by atoms with Crippen LogP contribution in [-0.4, -0.2) is 41.8 Å².